The molecule has 0 bridgehead atoms. The zero-order chi connectivity index (χ0) is 14.0. The molecule has 126 valence electrons. The predicted octanol–water partition coefficient (Wildman–Crippen LogP) is -0.864. The molecule has 0 rings (SSSR count). The molecule has 0 aliphatic heterocycles. The number of hydrogen-bond donors (Lipinski definition) is 2. The molecule has 0 radical (unpaired) electrons. The summed E-state index contributed by atoms with van der Waals surface area (Å²) in [5.74, 6) is 0. The number of halogens is 6. The molecule has 0 spiro atoms. The van der Waals surface area contributed by atoms with Gasteiger partial charge in [0, 0.05) is 20.4 Å². The standard InChI is InChI=1S/2CHF3O3S.2H2O.Pd/c2*2-1(3,4)8(5,6)7;;;/h2*(H,5,6,7);2*1H2;. The van der Waals surface area contributed by atoms with Gasteiger partial charge in [0.05, 0.1) is 0 Å². The van der Waals surface area contributed by atoms with Gasteiger partial charge in [-0.3, -0.25) is 9.11 Å². The van der Waals surface area contributed by atoms with Crippen LogP contribution in [0.5, 0.6) is 0 Å². The molecule has 0 aromatic heterocycles. The summed E-state index contributed by atoms with van der Waals surface area (Å²) < 4.78 is 115. The van der Waals surface area contributed by atoms with E-state index in [2.05, 4.69) is 0 Å². The molecule has 0 amide bonds. The normalized spacial score (nSPS) is 11.8. The largest absolute Gasteiger partial charge is 0.522 e. The van der Waals surface area contributed by atoms with E-state index in [1.165, 1.54) is 0 Å². The molecular weight excluding hydrogens is 437 g/mol. The SMILES string of the molecule is O.O.O=S(=O)(O)C(F)(F)F.O=S(=O)(O)C(F)(F)F.[Pd]. The zero-order valence-electron chi connectivity index (χ0n) is 7.93. The Labute approximate surface area is 115 Å². The summed E-state index contributed by atoms with van der Waals surface area (Å²) in [6.07, 6.45) is 0. The predicted molar refractivity (Wildman–Crippen MR) is 42.4 cm³/mol. The fourth-order valence-corrected chi connectivity index (χ4v) is 0. The van der Waals surface area contributed by atoms with Crippen molar-refractivity contribution in [3.8, 4) is 0 Å². The number of rotatable bonds is 0. The van der Waals surface area contributed by atoms with Crippen LogP contribution in [0.2, 0.25) is 0 Å². The molecule has 0 heterocycles. The monoisotopic (exact) mass is 442 g/mol. The second kappa shape index (κ2) is 9.02. The van der Waals surface area contributed by atoms with Crippen LogP contribution in [-0.2, 0) is 40.7 Å². The maximum absolute atomic E-state index is 10.7. The van der Waals surface area contributed by atoms with Gasteiger partial charge in [0.15, 0.2) is 0 Å². The molecule has 19 heavy (non-hydrogen) atoms. The maximum atomic E-state index is 10.7. The fraction of sp³-hybridized carbons (Fsp3) is 1.00. The van der Waals surface area contributed by atoms with Crippen molar-refractivity contribution in [2.75, 3.05) is 0 Å². The van der Waals surface area contributed by atoms with E-state index in [0.717, 1.165) is 0 Å². The van der Waals surface area contributed by atoms with Crippen molar-refractivity contribution >= 4 is 20.2 Å². The van der Waals surface area contributed by atoms with Gasteiger partial charge in [0.1, 0.15) is 0 Å². The summed E-state index contributed by atoms with van der Waals surface area (Å²) in [6, 6.07) is 0. The molecule has 0 aromatic rings. The molecule has 0 fully saturated rings. The van der Waals surface area contributed by atoms with Gasteiger partial charge < -0.3 is 11.0 Å². The fourth-order valence-electron chi connectivity index (χ4n) is 0. The van der Waals surface area contributed by atoms with E-state index in [9.17, 15) is 26.3 Å². The van der Waals surface area contributed by atoms with Crippen molar-refractivity contribution in [1.82, 2.24) is 0 Å². The van der Waals surface area contributed by atoms with E-state index in [1.54, 1.807) is 0 Å². The van der Waals surface area contributed by atoms with Crippen molar-refractivity contribution in [2.24, 2.45) is 0 Å². The summed E-state index contributed by atoms with van der Waals surface area (Å²) in [7, 11) is -11.7. The Bertz CT molecular complexity index is 377. The van der Waals surface area contributed by atoms with Gasteiger partial charge in [0.2, 0.25) is 0 Å². The van der Waals surface area contributed by atoms with Crippen LogP contribution in [0.25, 0.3) is 0 Å². The first-order valence-corrected chi connectivity index (χ1v) is 5.45. The van der Waals surface area contributed by atoms with Crippen molar-refractivity contribution in [1.29, 1.82) is 0 Å². The summed E-state index contributed by atoms with van der Waals surface area (Å²) >= 11 is 0. The van der Waals surface area contributed by atoms with Crippen LogP contribution in [0.1, 0.15) is 0 Å². The first kappa shape index (κ1) is 31.4. The Morgan fingerprint density at radius 2 is 0.684 bits per heavy atom. The van der Waals surface area contributed by atoms with Crippen molar-refractivity contribution in [2.45, 2.75) is 11.0 Å². The molecule has 0 aromatic carbocycles. The van der Waals surface area contributed by atoms with E-state index in [1.807, 2.05) is 0 Å². The van der Waals surface area contributed by atoms with E-state index in [-0.39, 0.29) is 31.4 Å². The van der Waals surface area contributed by atoms with Gasteiger partial charge in [-0.1, -0.05) is 0 Å². The van der Waals surface area contributed by atoms with Crippen LogP contribution in [0, 0.1) is 0 Å². The molecule has 17 heteroatoms. The van der Waals surface area contributed by atoms with Crippen LogP contribution in [0.4, 0.5) is 26.3 Å². The Morgan fingerprint density at radius 3 is 0.684 bits per heavy atom. The van der Waals surface area contributed by atoms with Crippen LogP contribution in [0.15, 0.2) is 0 Å². The summed E-state index contributed by atoms with van der Waals surface area (Å²) in [5, 5.41) is 0. The molecule has 8 nitrogen and oxygen atoms in total. The van der Waals surface area contributed by atoms with Gasteiger partial charge in [-0.2, -0.15) is 43.2 Å². The van der Waals surface area contributed by atoms with E-state index in [0.29, 0.717) is 0 Å². The quantitative estimate of drug-likeness (QED) is 0.214. The van der Waals surface area contributed by atoms with E-state index in [4.69, 9.17) is 25.9 Å². The second-order valence-electron chi connectivity index (χ2n) is 1.84. The topological polar surface area (TPSA) is 172 Å². The Morgan fingerprint density at radius 1 is 0.632 bits per heavy atom. The molecule has 0 aliphatic carbocycles. The third kappa shape index (κ3) is 14.2. The van der Waals surface area contributed by atoms with E-state index >= 15 is 0 Å². The minimum atomic E-state index is -5.84. The average Bonchev–Trinajstić information content (AvgIpc) is 1.77. The molecule has 0 atom stereocenters. The van der Waals surface area contributed by atoms with Crippen LogP contribution in [-0.4, -0.2) is 47.9 Å². The van der Waals surface area contributed by atoms with Crippen molar-refractivity contribution < 1.29 is 83.7 Å². The molecule has 0 aliphatic rings. The number of alkyl halides is 6. The zero-order valence-corrected chi connectivity index (χ0v) is 11.1. The Balaban J connectivity index is -0.0000000594. The van der Waals surface area contributed by atoms with Gasteiger partial charge in [-0.25, -0.2) is 0 Å². The summed E-state index contributed by atoms with van der Waals surface area (Å²) in [4.78, 5) is 0. The molecular formula is C2H6F6O8PdS2. The van der Waals surface area contributed by atoms with Gasteiger partial charge in [-0.05, 0) is 0 Å². The molecule has 0 saturated carbocycles. The first-order valence-electron chi connectivity index (χ1n) is 2.57. The Kier molecular flexibility index (Phi) is 14.9. The summed E-state index contributed by atoms with van der Waals surface area (Å²) in [5.41, 5.74) is -11.1. The first-order chi connectivity index (χ1) is 6.50. The van der Waals surface area contributed by atoms with Crippen LogP contribution in [0.3, 0.4) is 0 Å². The minimum absolute atomic E-state index is 0. The molecule has 0 saturated heterocycles. The van der Waals surface area contributed by atoms with E-state index < -0.39 is 31.3 Å². The third-order valence-electron chi connectivity index (χ3n) is 0.585. The average molecular weight is 443 g/mol. The molecule has 6 N–H and O–H groups in total. The van der Waals surface area contributed by atoms with Crippen LogP contribution >= 0.6 is 0 Å². The summed E-state index contributed by atoms with van der Waals surface area (Å²) in [6.45, 7) is 0. The third-order valence-corrected chi connectivity index (χ3v) is 1.75. The molecule has 0 unspecified atom stereocenters. The minimum Gasteiger partial charge on any atom is -0.412 e. The number of hydrogen-bond acceptors (Lipinski definition) is 4. The smallest absolute Gasteiger partial charge is 0.412 e. The van der Waals surface area contributed by atoms with Crippen molar-refractivity contribution in [3.05, 3.63) is 0 Å². The maximum Gasteiger partial charge on any atom is 0.522 e. The van der Waals surface area contributed by atoms with Gasteiger partial charge in [0.25, 0.3) is 0 Å². The van der Waals surface area contributed by atoms with Crippen molar-refractivity contribution in [3.63, 3.8) is 0 Å². The Hall–Kier alpha value is -0.0177. The van der Waals surface area contributed by atoms with Crippen LogP contribution < -0.4 is 0 Å². The van der Waals surface area contributed by atoms with Gasteiger partial charge >= 0.3 is 31.3 Å². The second-order valence-corrected chi connectivity index (χ2v) is 4.67. The van der Waals surface area contributed by atoms with Gasteiger partial charge in [-0.15, -0.1) is 0 Å².